The first-order chi connectivity index (χ1) is 6.13. The molecule has 0 radical (unpaired) electrons. The number of hydrogen-bond acceptors (Lipinski definition) is 4. The molecule has 0 spiro atoms. The summed E-state index contributed by atoms with van der Waals surface area (Å²) in [5, 5.41) is 0.383. The number of carbonyl (C=O) groups is 1. The third-order valence-electron chi connectivity index (χ3n) is 2.29. The van der Waals surface area contributed by atoms with Crippen molar-refractivity contribution in [3.8, 4) is 0 Å². The van der Waals surface area contributed by atoms with Gasteiger partial charge < -0.3 is 4.74 Å². The maximum absolute atomic E-state index is 11.2. The Labute approximate surface area is 90.2 Å². The van der Waals surface area contributed by atoms with Crippen molar-refractivity contribution < 1.29 is 9.53 Å². The second-order valence-electron chi connectivity index (χ2n) is 3.60. The molecule has 0 aliphatic carbocycles. The molecule has 1 aliphatic heterocycles. The first-order valence-corrected chi connectivity index (χ1v) is 5.77. The van der Waals surface area contributed by atoms with E-state index in [1.807, 2.05) is 0 Å². The molecule has 0 bridgehead atoms. The van der Waals surface area contributed by atoms with E-state index >= 15 is 0 Å². The molecule has 4 heteroatoms. The summed E-state index contributed by atoms with van der Waals surface area (Å²) in [5.74, 6) is 0.543. The van der Waals surface area contributed by atoms with Crippen molar-refractivity contribution in [2.24, 2.45) is 5.92 Å². The highest BCUT2D eigenvalue weighted by Gasteiger charge is 2.32. The zero-order valence-electron chi connectivity index (χ0n) is 7.77. The molecule has 0 aromatic heterocycles. The normalized spacial score (nSPS) is 30.2. The number of hydrogen-bond donors (Lipinski definition) is 2. The van der Waals surface area contributed by atoms with Crippen molar-refractivity contribution in [3.63, 3.8) is 0 Å². The van der Waals surface area contributed by atoms with Crippen LogP contribution in [-0.2, 0) is 9.53 Å². The minimum Gasteiger partial charge on any atom is -0.462 e. The smallest absolute Gasteiger partial charge is 0.310 e. The maximum atomic E-state index is 11.2. The lowest BCUT2D eigenvalue weighted by atomic mass is 10.0. The van der Waals surface area contributed by atoms with Crippen molar-refractivity contribution >= 4 is 31.2 Å². The lowest BCUT2D eigenvalue weighted by molar-refractivity contribution is -0.144. The molecule has 3 unspecified atom stereocenters. The highest BCUT2D eigenvalue weighted by Crippen LogP contribution is 2.25. The first kappa shape index (κ1) is 11.2. The summed E-state index contributed by atoms with van der Waals surface area (Å²) >= 11 is 8.39. The third kappa shape index (κ3) is 3.43. The molecular formula is C9H16O2S2. The number of ether oxygens (including phenoxy) is 1. The van der Waals surface area contributed by atoms with Gasteiger partial charge in [-0.05, 0) is 24.5 Å². The van der Waals surface area contributed by atoms with Gasteiger partial charge >= 0.3 is 5.97 Å². The minimum absolute atomic E-state index is 0.0172. The quantitative estimate of drug-likeness (QED) is 0.559. The molecule has 1 fully saturated rings. The van der Waals surface area contributed by atoms with Gasteiger partial charge in [-0.25, -0.2) is 0 Å². The van der Waals surface area contributed by atoms with E-state index < -0.39 is 0 Å². The summed E-state index contributed by atoms with van der Waals surface area (Å²) in [5.41, 5.74) is 0. The van der Waals surface area contributed by atoms with Crippen molar-refractivity contribution in [1.29, 1.82) is 0 Å². The number of cyclic esters (lactones) is 1. The Bertz CT molecular complexity index is 182. The monoisotopic (exact) mass is 220 g/mol. The fourth-order valence-corrected chi connectivity index (χ4v) is 1.92. The molecular weight excluding hydrogens is 204 g/mol. The number of rotatable bonds is 4. The molecule has 13 heavy (non-hydrogen) atoms. The molecule has 0 amide bonds. The molecule has 1 aliphatic rings. The van der Waals surface area contributed by atoms with Crippen LogP contribution >= 0.6 is 25.3 Å². The Kier molecular flexibility index (Phi) is 4.46. The Balaban J connectivity index is 2.27. The van der Waals surface area contributed by atoms with Gasteiger partial charge in [0.05, 0.1) is 5.92 Å². The molecule has 0 saturated carbocycles. The van der Waals surface area contributed by atoms with Gasteiger partial charge in [-0.1, -0.05) is 6.92 Å². The fourth-order valence-electron chi connectivity index (χ4n) is 1.48. The van der Waals surface area contributed by atoms with E-state index in [0.717, 1.165) is 19.3 Å². The summed E-state index contributed by atoms with van der Waals surface area (Å²) in [6.45, 7) is 2.05. The minimum atomic E-state index is -0.0770. The maximum Gasteiger partial charge on any atom is 0.310 e. The zero-order valence-corrected chi connectivity index (χ0v) is 9.56. The molecule has 1 heterocycles. The predicted molar refractivity (Wildman–Crippen MR) is 59.5 cm³/mol. The highest BCUT2D eigenvalue weighted by atomic mass is 32.1. The van der Waals surface area contributed by atoms with Crippen LogP contribution in [0.3, 0.4) is 0 Å². The van der Waals surface area contributed by atoms with Crippen molar-refractivity contribution in [1.82, 2.24) is 0 Å². The molecule has 0 aromatic rings. The summed E-state index contributed by atoms with van der Waals surface area (Å²) in [6, 6.07) is 0. The van der Waals surface area contributed by atoms with E-state index in [0.29, 0.717) is 11.0 Å². The average Bonchev–Trinajstić information content (AvgIpc) is 2.43. The van der Waals surface area contributed by atoms with E-state index in [9.17, 15) is 4.79 Å². The third-order valence-corrected chi connectivity index (χ3v) is 2.99. The Morgan fingerprint density at radius 1 is 1.69 bits per heavy atom. The zero-order chi connectivity index (χ0) is 9.84. The average molecular weight is 220 g/mol. The number of esters is 1. The Morgan fingerprint density at radius 3 is 2.85 bits per heavy atom. The van der Waals surface area contributed by atoms with Gasteiger partial charge in [-0.2, -0.15) is 25.3 Å². The van der Waals surface area contributed by atoms with E-state index in [1.165, 1.54) is 0 Å². The van der Waals surface area contributed by atoms with Gasteiger partial charge in [0.25, 0.3) is 0 Å². The summed E-state index contributed by atoms with van der Waals surface area (Å²) in [7, 11) is 0. The van der Waals surface area contributed by atoms with Crippen LogP contribution in [0.1, 0.15) is 26.2 Å². The van der Waals surface area contributed by atoms with E-state index in [2.05, 4.69) is 32.2 Å². The van der Waals surface area contributed by atoms with Crippen LogP contribution in [0.4, 0.5) is 0 Å². The molecule has 76 valence electrons. The second-order valence-corrected chi connectivity index (χ2v) is 4.85. The number of thiol groups is 2. The molecule has 1 saturated heterocycles. The van der Waals surface area contributed by atoms with Gasteiger partial charge in [0.15, 0.2) is 0 Å². The van der Waals surface area contributed by atoms with Crippen LogP contribution in [0.25, 0.3) is 0 Å². The van der Waals surface area contributed by atoms with Crippen LogP contribution in [0.15, 0.2) is 0 Å². The van der Waals surface area contributed by atoms with Crippen LogP contribution in [0.5, 0.6) is 0 Å². The SMILES string of the molecule is CC(S)CCC1CC(CS)C(=O)O1. The fraction of sp³-hybridized carbons (Fsp3) is 0.889. The van der Waals surface area contributed by atoms with Gasteiger partial charge in [0.1, 0.15) is 6.10 Å². The largest absolute Gasteiger partial charge is 0.462 e. The summed E-state index contributed by atoms with van der Waals surface area (Å²) in [4.78, 5) is 11.2. The molecule has 1 rings (SSSR count). The second kappa shape index (κ2) is 5.15. The standard InChI is InChI=1S/C9H16O2S2/c1-6(13)2-3-8-4-7(5-12)9(10)11-8/h6-8,12-13H,2-5H2,1H3. The number of carbonyl (C=O) groups excluding carboxylic acids is 1. The van der Waals surface area contributed by atoms with Crippen molar-refractivity contribution in [2.45, 2.75) is 37.5 Å². The van der Waals surface area contributed by atoms with Crippen LogP contribution in [0.2, 0.25) is 0 Å². The molecule has 2 nitrogen and oxygen atoms in total. The van der Waals surface area contributed by atoms with Gasteiger partial charge in [0, 0.05) is 5.75 Å². The highest BCUT2D eigenvalue weighted by molar-refractivity contribution is 7.80. The summed E-state index contributed by atoms with van der Waals surface area (Å²) in [6.07, 6.45) is 2.88. The molecule has 0 aromatic carbocycles. The Hall–Kier alpha value is 0.170. The van der Waals surface area contributed by atoms with E-state index in [-0.39, 0.29) is 18.0 Å². The predicted octanol–water partition coefficient (Wildman–Crippen LogP) is 1.95. The summed E-state index contributed by atoms with van der Waals surface area (Å²) < 4.78 is 5.19. The van der Waals surface area contributed by atoms with E-state index in [4.69, 9.17) is 4.74 Å². The van der Waals surface area contributed by atoms with Gasteiger partial charge in [-0.15, -0.1) is 0 Å². The van der Waals surface area contributed by atoms with Crippen molar-refractivity contribution in [3.05, 3.63) is 0 Å². The van der Waals surface area contributed by atoms with Crippen LogP contribution in [0, 0.1) is 5.92 Å². The van der Waals surface area contributed by atoms with Crippen LogP contribution in [-0.4, -0.2) is 23.1 Å². The first-order valence-electron chi connectivity index (χ1n) is 4.63. The van der Waals surface area contributed by atoms with E-state index in [1.54, 1.807) is 0 Å². The lowest BCUT2D eigenvalue weighted by Gasteiger charge is -2.09. The molecule has 3 atom stereocenters. The molecule has 0 N–H and O–H groups in total. The van der Waals surface area contributed by atoms with Gasteiger partial charge in [0.2, 0.25) is 0 Å². The Morgan fingerprint density at radius 2 is 2.38 bits per heavy atom. The lowest BCUT2D eigenvalue weighted by Crippen LogP contribution is -2.08. The van der Waals surface area contributed by atoms with Crippen molar-refractivity contribution in [2.75, 3.05) is 5.75 Å². The van der Waals surface area contributed by atoms with Gasteiger partial charge in [-0.3, -0.25) is 4.79 Å². The topological polar surface area (TPSA) is 26.3 Å². The van der Waals surface area contributed by atoms with Crippen LogP contribution < -0.4 is 0 Å².